The molecule has 0 saturated heterocycles. The lowest BCUT2D eigenvalue weighted by atomic mass is 10.1. The Kier molecular flexibility index (Phi) is 8.72. The van der Waals surface area contributed by atoms with Gasteiger partial charge < -0.3 is 20.0 Å². The van der Waals surface area contributed by atoms with Gasteiger partial charge >= 0.3 is 7.82 Å². The largest absolute Gasteiger partial charge is 0.505 e. The predicted octanol–water partition coefficient (Wildman–Crippen LogP) is 4.37. The zero-order valence-electron chi connectivity index (χ0n) is 17.4. The molecule has 0 aromatic carbocycles. The second-order valence-corrected chi connectivity index (χ2v) is 9.22. The molecule has 3 aromatic rings. The number of nitrogens with zero attached hydrogens (tertiary/aromatic N) is 3. The van der Waals surface area contributed by atoms with Crippen LogP contribution >= 0.6 is 23.8 Å². The number of unbranched alkanes of at least 4 members (excludes halogenated alkanes) is 1. The lowest BCUT2D eigenvalue weighted by Crippen LogP contribution is -2.08. The van der Waals surface area contributed by atoms with Crippen molar-refractivity contribution in [1.82, 2.24) is 15.0 Å². The minimum absolute atomic E-state index is 0.0973. The first kappa shape index (κ1) is 24.3. The fourth-order valence-corrected chi connectivity index (χ4v) is 3.68. The minimum Gasteiger partial charge on any atom is -0.367 e. The van der Waals surface area contributed by atoms with E-state index in [0.29, 0.717) is 18.8 Å². The summed E-state index contributed by atoms with van der Waals surface area (Å²) in [6.45, 7) is 2.63. The maximum absolute atomic E-state index is 11.1. The summed E-state index contributed by atoms with van der Waals surface area (Å²) in [5.74, 6) is 0.437. The molecule has 0 aliphatic carbocycles. The molecule has 3 aromatic heterocycles. The Bertz CT molecular complexity index is 1080. The lowest BCUT2D eigenvalue weighted by molar-refractivity contribution is -0.122. The van der Waals surface area contributed by atoms with Crippen LogP contribution in [0.2, 0.25) is 0 Å². The van der Waals surface area contributed by atoms with Gasteiger partial charge in [0, 0.05) is 47.9 Å². The molecule has 32 heavy (non-hydrogen) atoms. The van der Waals surface area contributed by atoms with Gasteiger partial charge in [0.15, 0.2) is 5.82 Å². The van der Waals surface area contributed by atoms with E-state index in [-0.39, 0.29) is 5.75 Å². The van der Waals surface area contributed by atoms with Crippen molar-refractivity contribution in [3.63, 3.8) is 0 Å². The van der Waals surface area contributed by atoms with Crippen LogP contribution in [0.1, 0.15) is 35.2 Å². The Morgan fingerprint density at radius 2 is 1.97 bits per heavy atom. The number of nitrogens with one attached hydrogen (secondary N) is 1. The van der Waals surface area contributed by atoms with Gasteiger partial charge in [0.1, 0.15) is 0 Å². The number of halogens is 1. The van der Waals surface area contributed by atoms with Gasteiger partial charge in [0.25, 0.3) is 0 Å². The zero-order valence-corrected chi connectivity index (χ0v) is 19.9. The number of hydrogen-bond donors (Lipinski definition) is 3. The number of rotatable bonds is 11. The van der Waals surface area contributed by atoms with E-state index in [1.165, 1.54) is 0 Å². The molecule has 0 radical (unpaired) electrons. The number of anilines is 1. The summed E-state index contributed by atoms with van der Waals surface area (Å²) in [5, 5.41) is 3.14. The third kappa shape index (κ3) is 7.96. The van der Waals surface area contributed by atoms with E-state index >= 15 is 0 Å². The van der Waals surface area contributed by atoms with E-state index in [0.717, 1.165) is 46.1 Å². The van der Waals surface area contributed by atoms with Crippen molar-refractivity contribution >= 4 is 29.6 Å². The molecule has 0 amide bonds. The van der Waals surface area contributed by atoms with Crippen molar-refractivity contribution in [1.29, 1.82) is 0 Å². The number of pyridine rings is 3. The van der Waals surface area contributed by atoms with Gasteiger partial charge in [0.2, 0.25) is 5.75 Å². The molecular weight excluding hydrogens is 499 g/mol. The molecule has 0 saturated carbocycles. The molecule has 170 valence electrons. The van der Waals surface area contributed by atoms with Crippen molar-refractivity contribution in [3.05, 3.63) is 75.9 Å². The fraction of sp³-hybridized carbons (Fsp3) is 0.286. The highest BCUT2D eigenvalue weighted by molar-refractivity contribution is 9.10. The molecule has 0 fully saturated rings. The smallest absolute Gasteiger partial charge is 0.367 e. The first-order valence-corrected chi connectivity index (χ1v) is 12.3. The van der Waals surface area contributed by atoms with Crippen LogP contribution in [0.15, 0.2) is 53.5 Å². The van der Waals surface area contributed by atoms with Crippen molar-refractivity contribution in [2.24, 2.45) is 0 Å². The average molecular weight is 523 g/mol. The molecule has 3 N–H and O–H groups in total. The van der Waals surface area contributed by atoms with Crippen LogP contribution in [-0.4, -0.2) is 31.3 Å². The molecule has 0 unspecified atom stereocenters. The highest BCUT2D eigenvalue weighted by Crippen LogP contribution is 2.38. The van der Waals surface area contributed by atoms with Crippen molar-refractivity contribution in [2.75, 3.05) is 11.9 Å². The summed E-state index contributed by atoms with van der Waals surface area (Å²) in [5.41, 5.74) is 3.95. The Hall–Kier alpha value is -2.36. The third-order valence-corrected chi connectivity index (χ3v) is 5.25. The Morgan fingerprint density at radius 1 is 1.12 bits per heavy atom. The Balaban J connectivity index is 1.60. The Labute approximate surface area is 194 Å². The molecule has 0 bridgehead atoms. The van der Waals surface area contributed by atoms with Gasteiger partial charge in [-0.1, -0.05) is 10.7 Å². The summed E-state index contributed by atoms with van der Waals surface area (Å²) < 4.78 is 16.3. The maximum Gasteiger partial charge on any atom is 0.505 e. The molecule has 9 nitrogen and oxygen atoms in total. The van der Waals surface area contributed by atoms with Crippen LogP contribution in [0.5, 0.6) is 5.75 Å². The quantitative estimate of drug-likeness (QED) is 0.145. The standard InChI is InChI=1S/C21H24BrN4O5P/c1-15-9-18(22)14-25-19(15)6-2-3-8-24-21-20(30-31-32(27,28)29)11-17(13-26-21)10-16-5-4-7-23-12-16/h4-5,7,9,11-14H,2-3,6,8,10H2,1H3,(H,24,26)(H2,27,28,29). The monoisotopic (exact) mass is 522 g/mol. The SMILES string of the molecule is Cc1cc(Br)cnc1CCCCNc1ncc(Cc2cccnc2)cc1OOP(=O)(O)O. The normalized spacial score (nSPS) is 11.4. The van der Waals surface area contributed by atoms with Crippen LogP contribution in [0.25, 0.3) is 0 Å². The van der Waals surface area contributed by atoms with Crippen LogP contribution in [0.4, 0.5) is 5.82 Å². The molecule has 3 rings (SSSR count). The van der Waals surface area contributed by atoms with E-state index in [1.54, 1.807) is 30.9 Å². The lowest BCUT2D eigenvalue weighted by Gasteiger charge is -2.13. The fourth-order valence-electron chi connectivity index (χ4n) is 3.06. The highest BCUT2D eigenvalue weighted by Gasteiger charge is 2.19. The van der Waals surface area contributed by atoms with Crippen molar-refractivity contribution in [2.45, 2.75) is 32.6 Å². The van der Waals surface area contributed by atoms with Gasteiger partial charge in [-0.3, -0.25) is 9.97 Å². The second kappa shape index (κ2) is 11.5. The molecule has 0 atom stereocenters. The number of phosphoric acid groups is 1. The third-order valence-electron chi connectivity index (χ3n) is 4.55. The summed E-state index contributed by atoms with van der Waals surface area (Å²) in [6.07, 6.45) is 10.0. The van der Waals surface area contributed by atoms with Crippen LogP contribution < -0.4 is 10.2 Å². The zero-order chi connectivity index (χ0) is 23.0. The van der Waals surface area contributed by atoms with Gasteiger partial charge in [-0.15, -0.1) is 0 Å². The topological polar surface area (TPSA) is 127 Å². The van der Waals surface area contributed by atoms with Gasteiger partial charge in [-0.25, -0.2) is 9.55 Å². The Morgan fingerprint density at radius 3 is 2.69 bits per heavy atom. The summed E-state index contributed by atoms with van der Waals surface area (Å²) >= 11 is 3.42. The minimum atomic E-state index is -4.81. The van der Waals surface area contributed by atoms with E-state index in [9.17, 15) is 4.57 Å². The molecule has 0 aliphatic rings. The molecule has 11 heteroatoms. The molecular formula is C21H24BrN4O5P. The van der Waals surface area contributed by atoms with Crippen LogP contribution in [0.3, 0.4) is 0 Å². The van der Waals surface area contributed by atoms with Crippen molar-refractivity contribution < 1.29 is 23.9 Å². The summed E-state index contributed by atoms with van der Waals surface area (Å²) in [6, 6.07) is 7.43. The predicted molar refractivity (Wildman–Crippen MR) is 123 cm³/mol. The van der Waals surface area contributed by atoms with Gasteiger partial charge in [-0.2, -0.15) is 0 Å². The summed E-state index contributed by atoms with van der Waals surface area (Å²) in [4.78, 5) is 35.7. The van der Waals surface area contributed by atoms with Crippen LogP contribution in [0, 0.1) is 6.92 Å². The highest BCUT2D eigenvalue weighted by atomic mass is 79.9. The number of hydrogen-bond acceptors (Lipinski definition) is 7. The second-order valence-electron chi connectivity index (χ2n) is 7.18. The van der Waals surface area contributed by atoms with Crippen LogP contribution in [-0.2, 0) is 22.1 Å². The molecule has 0 aliphatic heterocycles. The van der Waals surface area contributed by atoms with Crippen molar-refractivity contribution in [3.8, 4) is 5.75 Å². The molecule has 0 spiro atoms. The molecule has 3 heterocycles. The number of aromatic nitrogens is 3. The first-order chi connectivity index (χ1) is 15.3. The van der Waals surface area contributed by atoms with E-state index in [4.69, 9.17) is 14.7 Å². The van der Waals surface area contributed by atoms with E-state index < -0.39 is 7.82 Å². The number of aryl methyl sites for hydroxylation is 2. The van der Waals surface area contributed by atoms with Gasteiger partial charge in [-0.05, 0) is 77.0 Å². The maximum atomic E-state index is 11.1. The van der Waals surface area contributed by atoms with E-state index in [2.05, 4.69) is 40.9 Å². The summed E-state index contributed by atoms with van der Waals surface area (Å²) in [7, 11) is -4.81. The van der Waals surface area contributed by atoms with E-state index in [1.807, 2.05) is 25.1 Å². The van der Waals surface area contributed by atoms with Gasteiger partial charge in [0.05, 0.1) is 0 Å². The first-order valence-electron chi connectivity index (χ1n) is 9.95. The average Bonchev–Trinajstić information content (AvgIpc) is 2.74.